The van der Waals surface area contributed by atoms with Crippen molar-refractivity contribution in [2.45, 2.75) is 0 Å². The second-order valence-corrected chi connectivity index (χ2v) is 1.85. The Labute approximate surface area is 62.9 Å². The summed E-state index contributed by atoms with van der Waals surface area (Å²) in [4.78, 5) is 2.50. The number of nitrogens with one attached hydrogen (secondary N) is 1. The van der Waals surface area contributed by atoms with Gasteiger partial charge in [-0.1, -0.05) is 0 Å². The van der Waals surface area contributed by atoms with Crippen molar-refractivity contribution in [2.75, 3.05) is 5.43 Å². The minimum Gasteiger partial charge on any atom is -0.508 e. The van der Waals surface area contributed by atoms with E-state index in [9.17, 15) is 0 Å². The average Bonchev–Trinajstić information content (AvgIpc) is 2.04. The van der Waals surface area contributed by atoms with Crippen molar-refractivity contribution in [2.24, 2.45) is 5.22 Å². The van der Waals surface area contributed by atoms with Gasteiger partial charge in [0.25, 0.3) is 0 Å². The number of phenols is 1. The van der Waals surface area contributed by atoms with Gasteiger partial charge in [0.05, 0.1) is 0 Å². The van der Waals surface area contributed by atoms with Gasteiger partial charge in [0.1, 0.15) is 11.4 Å². The van der Waals surface area contributed by atoms with E-state index < -0.39 is 0 Å². The first-order chi connectivity index (χ1) is 5.33. The molecular formula is C6H6N4O. The zero-order valence-corrected chi connectivity index (χ0v) is 5.60. The number of anilines is 1. The van der Waals surface area contributed by atoms with E-state index in [0.717, 1.165) is 0 Å². The Balaban J connectivity index is 2.73. The SMILES string of the molecule is [N-]=[N+]=NNc1ccc(O)cc1. The van der Waals surface area contributed by atoms with E-state index in [1.165, 1.54) is 12.1 Å². The standard InChI is InChI=1S/C6H6N4O/c7-9-10-8-5-1-3-6(11)4-2-5/h1-4,8,11H. The Morgan fingerprint density at radius 1 is 1.36 bits per heavy atom. The fraction of sp³-hybridized carbons (Fsp3) is 0. The van der Waals surface area contributed by atoms with Gasteiger partial charge >= 0.3 is 0 Å². The first-order valence-corrected chi connectivity index (χ1v) is 2.92. The monoisotopic (exact) mass is 150 g/mol. The highest BCUT2D eigenvalue weighted by Gasteiger charge is 1.90. The molecule has 0 fully saturated rings. The van der Waals surface area contributed by atoms with Gasteiger partial charge < -0.3 is 5.11 Å². The van der Waals surface area contributed by atoms with Gasteiger partial charge in [0, 0.05) is 0 Å². The summed E-state index contributed by atoms with van der Waals surface area (Å²) < 4.78 is 0. The molecule has 0 amide bonds. The van der Waals surface area contributed by atoms with Crippen molar-refractivity contribution in [1.29, 1.82) is 0 Å². The quantitative estimate of drug-likeness (QED) is 0.222. The van der Waals surface area contributed by atoms with Gasteiger partial charge in [-0.15, -0.1) is 5.53 Å². The van der Waals surface area contributed by atoms with Crippen LogP contribution in [-0.2, 0) is 0 Å². The molecule has 0 saturated carbocycles. The van der Waals surface area contributed by atoms with Gasteiger partial charge in [-0.25, -0.2) is 5.43 Å². The third-order valence-electron chi connectivity index (χ3n) is 1.09. The van der Waals surface area contributed by atoms with E-state index in [1.54, 1.807) is 12.1 Å². The lowest BCUT2D eigenvalue weighted by molar-refractivity contribution is 0.475. The van der Waals surface area contributed by atoms with Gasteiger partial charge in [-0.2, -0.15) is 4.91 Å². The smallest absolute Gasteiger partial charge is 0.128 e. The molecule has 2 N–H and O–H groups in total. The second-order valence-electron chi connectivity index (χ2n) is 1.85. The van der Waals surface area contributed by atoms with Crippen molar-refractivity contribution in [3.05, 3.63) is 34.7 Å². The minimum atomic E-state index is 0.177. The van der Waals surface area contributed by atoms with Crippen LogP contribution < -0.4 is 5.43 Å². The predicted octanol–water partition coefficient (Wildman–Crippen LogP) is 2.03. The minimum absolute atomic E-state index is 0.177. The first kappa shape index (κ1) is 7.24. The highest BCUT2D eigenvalue weighted by atomic mass is 16.3. The van der Waals surface area contributed by atoms with Crippen molar-refractivity contribution in [3.8, 4) is 5.75 Å². The summed E-state index contributed by atoms with van der Waals surface area (Å²) in [5, 5.41) is 12.0. The lowest BCUT2D eigenvalue weighted by Gasteiger charge is -1.93. The largest absolute Gasteiger partial charge is 0.508 e. The molecule has 0 heterocycles. The molecule has 0 unspecified atom stereocenters. The third kappa shape index (κ3) is 2.08. The maximum Gasteiger partial charge on any atom is 0.128 e. The molecule has 0 radical (unpaired) electrons. The van der Waals surface area contributed by atoms with Crippen LogP contribution in [0.2, 0.25) is 0 Å². The van der Waals surface area contributed by atoms with Gasteiger partial charge in [0.15, 0.2) is 0 Å². The molecular weight excluding hydrogens is 144 g/mol. The molecule has 1 aromatic carbocycles. The molecule has 0 bridgehead atoms. The lowest BCUT2D eigenvalue weighted by atomic mass is 10.3. The Bertz CT molecular complexity index is 275. The molecule has 1 rings (SSSR count). The number of benzene rings is 1. The van der Waals surface area contributed by atoms with Crippen LogP contribution >= 0.6 is 0 Å². The molecule has 5 heteroatoms. The maximum absolute atomic E-state index is 8.85. The number of aromatic hydroxyl groups is 1. The van der Waals surface area contributed by atoms with Gasteiger partial charge in [-0.3, -0.25) is 0 Å². The number of hydrogen-bond acceptors (Lipinski definition) is 2. The Hall–Kier alpha value is -1.87. The molecule has 0 aliphatic carbocycles. The van der Waals surface area contributed by atoms with E-state index in [4.69, 9.17) is 10.6 Å². The Kier molecular flexibility index (Phi) is 2.20. The highest BCUT2D eigenvalue weighted by Crippen LogP contribution is 2.13. The molecule has 0 atom stereocenters. The summed E-state index contributed by atoms with van der Waals surface area (Å²) >= 11 is 0. The number of hydrogen-bond donors (Lipinski definition) is 2. The molecule has 0 saturated heterocycles. The summed E-state index contributed by atoms with van der Waals surface area (Å²) in [6.07, 6.45) is 0. The van der Waals surface area contributed by atoms with E-state index in [2.05, 4.69) is 15.6 Å². The summed E-state index contributed by atoms with van der Waals surface area (Å²) in [7, 11) is 0. The fourth-order valence-corrected chi connectivity index (χ4v) is 0.616. The number of phenolic OH excluding ortho intramolecular Hbond substituents is 1. The average molecular weight is 150 g/mol. The van der Waals surface area contributed by atoms with Crippen molar-refractivity contribution in [3.63, 3.8) is 0 Å². The zero-order valence-electron chi connectivity index (χ0n) is 5.60. The van der Waals surface area contributed by atoms with Crippen LogP contribution in [0.4, 0.5) is 5.69 Å². The molecule has 11 heavy (non-hydrogen) atoms. The topological polar surface area (TPSA) is 81.0 Å². The van der Waals surface area contributed by atoms with Crippen LogP contribution in [0.1, 0.15) is 0 Å². The number of rotatable bonds is 2. The van der Waals surface area contributed by atoms with Gasteiger partial charge in [-0.05, 0) is 29.5 Å². The highest BCUT2D eigenvalue weighted by molar-refractivity contribution is 5.45. The fourth-order valence-electron chi connectivity index (χ4n) is 0.616. The molecule has 0 aliphatic rings. The van der Waals surface area contributed by atoms with Crippen LogP contribution in [0.3, 0.4) is 0 Å². The normalized spacial score (nSPS) is 8.36. The van der Waals surface area contributed by atoms with Crippen LogP contribution in [0, 0.1) is 0 Å². The Morgan fingerprint density at radius 3 is 2.55 bits per heavy atom. The van der Waals surface area contributed by atoms with Crippen molar-refractivity contribution < 1.29 is 5.11 Å². The van der Waals surface area contributed by atoms with Crippen LogP contribution in [0.25, 0.3) is 10.4 Å². The predicted molar refractivity (Wildman–Crippen MR) is 40.9 cm³/mol. The molecule has 56 valence electrons. The first-order valence-electron chi connectivity index (χ1n) is 2.92. The number of nitrogens with zero attached hydrogens (tertiary/aromatic N) is 3. The van der Waals surface area contributed by atoms with Crippen molar-refractivity contribution in [1.82, 2.24) is 0 Å². The van der Waals surface area contributed by atoms with Gasteiger partial charge in [0.2, 0.25) is 0 Å². The van der Waals surface area contributed by atoms with E-state index >= 15 is 0 Å². The van der Waals surface area contributed by atoms with Crippen LogP contribution in [0.15, 0.2) is 29.5 Å². The van der Waals surface area contributed by atoms with Crippen LogP contribution in [0.5, 0.6) is 5.75 Å². The summed E-state index contributed by atoms with van der Waals surface area (Å²) in [5.41, 5.74) is 11.0. The molecule has 1 aromatic rings. The second kappa shape index (κ2) is 3.34. The zero-order chi connectivity index (χ0) is 8.10. The maximum atomic E-state index is 8.85. The van der Waals surface area contributed by atoms with E-state index in [1.807, 2.05) is 0 Å². The summed E-state index contributed by atoms with van der Waals surface area (Å²) in [5.74, 6) is 0.177. The summed E-state index contributed by atoms with van der Waals surface area (Å²) in [6, 6.07) is 6.19. The molecule has 0 aliphatic heterocycles. The lowest BCUT2D eigenvalue weighted by Crippen LogP contribution is -1.83. The molecule has 5 nitrogen and oxygen atoms in total. The third-order valence-corrected chi connectivity index (χ3v) is 1.09. The Morgan fingerprint density at radius 2 is 2.00 bits per heavy atom. The summed E-state index contributed by atoms with van der Waals surface area (Å²) in [6.45, 7) is 0. The molecule has 0 aromatic heterocycles. The van der Waals surface area contributed by atoms with E-state index in [0.29, 0.717) is 5.69 Å². The van der Waals surface area contributed by atoms with E-state index in [-0.39, 0.29) is 5.75 Å². The number of azide groups is 1. The van der Waals surface area contributed by atoms with Crippen molar-refractivity contribution >= 4 is 5.69 Å². The van der Waals surface area contributed by atoms with Crippen LogP contribution in [-0.4, -0.2) is 5.11 Å². The molecule has 0 spiro atoms.